The molecule has 72 valence electrons. The summed E-state index contributed by atoms with van der Waals surface area (Å²) in [7, 11) is 0. The maximum atomic E-state index is 13.2. The summed E-state index contributed by atoms with van der Waals surface area (Å²) in [5.41, 5.74) is 1.00. The van der Waals surface area contributed by atoms with Crippen molar-refractivity contribution in [1.29, 1.82) is 0 Å². The highest BCUT2D eigenvalue weighted by molar-refractivity contribution is 9.08. The molecule has 0 atom stereocenters. The molecule has 0 unspecified atom stereocenters. The Kier molecular flexibility index (Phi) is 2.50. The molecule has 3 heteroatoms. The van der Waals surface area contributed by atoms with E-state index in [9.17, 15) is 8.78 Å². The third kappa shape index (κ3) is 1.64. The molecule has 0 bridgehead atoms. The normalized spacial score (nSPS) is 10.8. The van der Waals surface area contributed by atoms with Crippen LogP contribution in [-0.2, 0) is 5.33 Å². The van der Waals surface area contributed by atoms with Gasteiger partial charge in [0.1, 0.15) is 11.6 Å². The average Bonchev–Trinajstić information content (AvgIpc) is 2.16. The Morgan fingerprint density at radius 3 is 2.57 bits per heavy atom. The zero-order valence-electron chi connectivity index (χ0n) is 7.23. The van der Waals surface area contributed by atoms with Gasteiger partial charge >= 0.3 is 0 Å². The van der Waals surface area contributed by atoms with Crippen LogP contribution in [0, 0.1) is 11.6 Å². The minimum Gasteiger partial charge on any atom is -0.207 e. The highest BCUT2D eigenvalue weighted by Gasteiger charge is 2.03. The molecule has 0 spiro atoms. The van der Waals surface area contributed by atoms with Crippen LogP contribution < -0.4 is 0 Å². The van der Waals surface area contributed by atoms with E-state index in [-0.39, 0.29) is 0 Å². The lowest BCUT2D eigenvalue weighted by atomic mass is 10.1. The molecule has 0 aliphatic carbocycles. The molecule has 0 amide bonds. The Morgan fingerprint density at radius 1 is 1.07 bits per heavy atom. The van der Waals surface area contributed by atoms with Crippen molar-refractivity contribution in [3.63, 3.8) is 0 Å². The number of halogens is 3. The van der Waals surface area contributed by atoms with E-state index < -0.39 is 11.6 Å². The van der Waals surface area contributed by atoms with Gasteiger partial charge < -0.3 is 0 Å². The van der Waals surface area contributed by atoms with E-state index in [1.165, 1.54) is 6.07 Å². The number of fused-ring (bicyclic) bond motifs is 1. The summed E-state index contributed by atoms with van der Waals surface area (Å²) >= 11 is 3.29. The quantitative estimate of drug-likeness (QED) is 0.677. The predicted octanol–water partition coefficient (Wildman–Crippen LogP) is 4.01. The molecular weight excluding hydrogens is 250 g/mol. The number of benzene rings is 2. The highest BCUT2D eigenvalue weighted by atomic mass is 79.9. The summed E-state index contributed by atoms with van der Waals surface area (Å²) < 4.78 is 26.1. The largest absolute Gasteiger partial charge is 0.207 e. The van der Waals surface area contributed by atoms with Crippen molar-refractivity contribution in [2.75, 3.05) is 0 Å². The van der Waals surface area contributed by atoms with Crippen LogP contribution >= 0.6 is 15.9 Å². The van der Waals surface area contributed by atoms with Crippen molar-refractivity contribution >= 4 is 26.7 Å². The van der Waals surface area contributed by atoms with Crippen molar-refractivity contribution in [2.24, 2.45) is 0 Å². The van der Waals surface area contributed by atoms with E-state index in [2.05, 4.69) is 15.9 Å². The molecule has 0 fully saturated rings. The summed E-state index contributed by atoms with van der Waals surface area (Å²) in [6.07, 6.45) is 0. The van der Waals surface area contributed by atoms with Crippen LogP contribution in [0.5, 0.6) is 0 Å². The molecule has 0 nitrogen and oxygen atoms in total. The monoisotopic (exact) mass is 256 g/mol. The Hall–Kier alpha value is -0.960. The smallest absolute Gasteiger partial charge is 0.133 e. The SMILES string of the molecule is Fc1cc(F)c2ccc(CBr)cc2c1. The van der Waals surface area contributed by atoms with Gasteiger partial charge in [-0.05, 0) is 17.0 Å². The average molecular weight is 257 g/mol. The van der Waals surface area contributed by atoms with Gasteiger partial charge in [0.15, 0.2) is 0 Å². The zero-order chi connectivity index (χ0) is 10.1. The van der Waals surface area contributed by atoms with Crippen molar-refractivity contribution in [2.45, 2.75) is 5.33 Å². The van der Waals surface area contributed by atoms with Gasteiger partial charge in [0.2, 0.25) is 0 Å². The van der Waals surface area contributed by atoms with Gasteiger partial charge in [-0.2, -0.15) is 0 Å². The van der Waals surface area contributed by atoms with Crippen molar-refractivity contribution in [1.82, 2.24) is 0 Å². The van der Waals surface area contributed by atoms with Gasteiger partial charge in [0.05, 0.1) is 0 Å². The fourth-order valence-corrected chi connectivity index (χ4v) is 1.77. The van der Waals surface area contributed by atoms with E-state index in [4.69, 9.17) is 0 Å². The van der Waals surface area contributed by atoms with Crippen LogP contribution in [0.25, 0.3) is 10.8 Å². The molecule has 2 aromatic carbocycles. The molecule has 0 saturated carbocycles. The van der Waals surface area contributed by atoms with Gasteiger partial charge in [-0.15, -0.1) is 0 Å². The number of alkyl halides is 1. The van der Waals surface area contributed by atoms with Gasteiger partial charge in [-0.3, -0.25) is 0 Å². The predicted molar refractivity (Wildman–Crippen MR) is 56.5 cm³/mol. The Morgan fingerprint density at radius 2 is 1.86 bits per heavy atom. The molecule has 0 aromatic heterocycles. The molecule has 0 radical (unpaired) electrons. The molecule has 0 N–H and O–H groups in total. The molecule has 0 aliphatic heterocycles. The standard InChI is InChI=1S/C11H7BrF2/c12-6-7-1-2-10-8(3-7)4-9(13)5-11(10)14/h1-5H,6H2. The topological polar surface area (TPSA) is 0 Å². The third-order valence-corrected chi connectivity index (χ3v) is 2.73. The lowest BCUT2D eigenvalue weighted by molar-refractivity contribution is 0.592. The molecule has 2 aromatic rings. The van der Waals surface area contributed by atoms with Crippen molar-refractivity contribution in [3.8, 4) is 0 Å². The van der Waals surface area contributed by atoms with Gasteiger partial charge in [0.25, 0.3) is 0 Å². The molecule has 0 aliphatic rings. The Labute approximate surface area is 88.7 Å². The lowest BCUT2D eigenvalue weighted by Crippen LogP contribution is -1.85. The summed E-state index contributed by atoms with van der Waals surface area (Å²) in [4.78, 5) is 0. The second kappa shape index (κ2) is 3.65. The van der Waals surface area contributed by atoms with Crippen LogP contribution in [0.2, 0.25) is 0 Å². The first kappa shape index (κ1) is 9.59. The molecule has 0 heterocycles. The first-order valence-electron chi connectivity index (χ1n) is 4.14. The fraction of sp³-hybridized carbons (Fsp3) is 0.0909. The summed E-state index contributed by atoms with van der Waals surface area (Å²) in [5, 5.41) is 1.73. The minimum absolute atomic E-state index is 0.455. The van der Waals surface area contributed by atoms with Gasteiger partial charge in [0, 0.05) is 16.8 Å². The molecular formula is C11H7BrF2. The highest BCUT2D eigenvalue weighted by Crippen LogP contribution is 2.21. The second-order valence-electron chi connectivity index (χ2n) is 3.08. The molecule has 14 heavy (non-hydrogen) atoms. The zero-order valence-corrected chi connectivity index (χ0v) is 8.81. The van der Waals surface area contributed by atoms with Crippen LogP contribution in [0.3, 0.4) is 0 Å². The Bertz CT molecular complexity index is 480. The van der Waals surface area contributed by atoms with Crippen molar-refractivity contribution < 1.29 is 8.78 Å². The van der Waals surface area contributed by atoms with Gasteiger partial charge in [-0.25, -0.2) is 8.78 Å². The summed E-state index contributed by atoms with van der Waals surface area (Å²) in [6, 6.07) is 7.50. The van der Waals surface area contributed by atoms with Crippen LogP contribution in [0.15, 0.2) is 30.3 Å². The first-order chi connectivity index (χ1) is 6.70. The number of hydrogen-bond acceptors (Lipinski definition) is 0. The first-order valence-corrected chi connectivity index (χ1v) is 5.26. The van der Waals surface area contributed by atoms with Crippen LogP contribution in [-0.4, -0.2) is 0 Å². The second-order valence-corrected chi connectivity index (χ2v) is 3.64. The maximum Gasteiger partial charge on any atom is 0.133 e. The minimum atomic E-state index is -0.540. The fourth-order valence-electron chi connectivity index (χ4n) is 1.42. The van der Waals surface area contributed by atoms with Crippen molar-refractivity contribution in [3.05, 3.63) is 47.5 Å². The van der Waals surface area contributed by atoms with E-state index in [1.807, 2.05) is 6.07 Å². The van der Waals surface area contributed by atoms with E-state index in [0.717, 1.165) is 11.6 Å². The summed E-state index contributed by atoms with van der Waals surface area (Å²) in [5.74, 6) is -1.05. The van der Waals surface area contributed by atoms with Gasteiger partial charge in [-0.1, -0.05) is 34.1 Å². The Balaban J connectivity index is 2.75. The number of hydrogen-bond donors (Lipinski definition) is 0. The summed E-state index contributed by atoms with van der Waals surface area (Å²) in [6.45, 7) is 0. The molecule has 0 saturated heterocycles. The lowest BCUT2D eigenvalue weighted by Gasteiger charge is -2.02. The third-order valence-electron chi connectivity index (χ3n) is 2.09. The van der Waals surface area contributed by atoms with E-state index in [1.54, 1.807) is 12.1 Å². The van der Waals surface area contributed by atoms with Crippen LogP contribution in [0.1, 0.15) is 5.56 Å². The van der Waals surface area contributed by atoms with E-state index in [0.29, 0.717) is 16.1 Å². The van der Waals surface area contributed by atoms with E-state index >= 15 is 0 Å². The molecule has 2 rings (SSSR count). The van der Waals surface area contributed by atoms with Crippen LogP contribution in [0.4, 0.5) is 8.78 Å². The number of rotatable bonds is 1. The maximum absolute atomic E-state index is 13.2.